The van der Waals surface area contributed by atoms with Crippen LogP contribution in [0.2, 0.25) is 5.28 Å². The van der Waals surface area contributed by atoms with E-state index >= 15 is 0 Å². The molecule has 0 radical (unpaired) electrons. The van der Waals surface area contributed by atoms with Gasteiger partial charge in [-0.1, -0.05) is 0 Å². The van der Waals surface area contributed by atoms with Crippen molar-refractivity contribution in [1.82, 2.24) is 19.5 Å². The zero-order chi connectivity index (χ0) is 8.72. The van der Waals surface area contributed by atoms with E-state index in [1.165, 1.54) is 6.33 Å². The number of fused-ring (bicyclic) bond motifs is 1. The SMILES string of the molecule is Cn1c(Cl)nc2c(N)ncnc21. The Morgan fingerprint density at radius 1 is 1.50 bits per heavy atom. The van der Waals surface area contributed by atoms with Crippen LogP contribution in [0.1, 0.15) is 0 Å². The molecule has 2 N–H and O–H groups in total. The topological polar surface area (TPSA) is 69.6 Å². The largest absolute Gasteiger partial charge is 0.382 e. The minimum Gasteiger partial charge on any atom is -0.382 e. The van der Waals surface area contributed by atoms with E-state index in [0.717, 1.165) is 0 Å². The molecule has 12 heavy (non-hydrogen) atoms. The number of nitrogens with zero attached hydrogens (tertiary/aromatic N) is 4. The van der Waals surface area contributed by atoms with E-state index in [-0.39, 0.29) is 0 Å². The molecule has 6 heteroatoms. The molecule has 0 bridgehead atoms. The Morgan fingerprint density at radius 2 is 2.25 bits per heavy atom. The van der Waals surface area contributed by atoms with Crippen LogP contribution in [0.4, 0.5) is 5.82 Å². The van der Waals surface area contributed by atoms with Crippen LogP contribution < -0.4 is 5.73 Å². The molecule has 0 fully saturated rings. The zero-order valence-electron chi connectivity index (χ0n) is 6.32. The lowest BCUT2D eigenvalue weighted by atomic mass is 10.5. The molecule has 0 aliphatic heterocycles. The number of hydrogen-bond acceptors (Lipinski definition) is 4. The van der Waals surface area contributed by atoms with Gasteiger partial charge in [0.05, 0.1) is 0 Å². The van der Waals surface area contributed by atoms with Gasteiger partial charge in [0.25, 0.3) is 0 Å². The highest BCUT2D eigenvalue weighted by Crippen LogP contribution is 2.18. The molecule has 0 saturated heterocycles. The molecule has 5 nitrogen and oxygen atoms in total. The third-order valence-corrected chi connectivity index (χ3v) is 1.97. The van der Waals surface area contributed by atoms with Crippen molar-refractivity contribution in [3.05, 3.63) is 11.6 Å². The average molecular weight is 184 g/mol. The van der Waals surface area contributed by atoms with Crippen LogP contribution in [0.15, 0.2) is 6.33 Å². The summed E-state index contributed by atoms with van der Waals surface area (Å²) < 4.78 is 1.65. The number of imidazole rings is 1. The van der Waals surface area contributed by atoms with Gasteiger partial charge in [-0.3, -0.25) is 0 Å². The quantitative estimate of drug-likeness (QED) is 0.608. The number of aromatic nitrogens is 4. The minimum atomic E-state index is 0.350. The summed E-state index contributed by atoms with van der Waals surface area (Å²) in [4.78, 5) is 11.8. The van der Waals surface area contributed by atoms with Gasteiger partial charge in [-0.2, -0.15) is 0 Å². The Balaban J connectivity index is 2.95. The fraction of sp³-hybridized carbons (Fsp3) is 0.167. The lowest BCUT2D eigenvalue weighted by Crippen LogP contribution is -1.94. The van der Waals surface area contributed by atoms with Crippen molar-refractivity contribution in [2.24, 2.45) is 7.05 Å². The summed E-state index contributed by atoms with van der Waals surface area (Å²) in [5.41, 5.74) is 6.74. The minimum absolute atomic E-state index is 0.350. The summed E-state index contributed by atoms with van der Waals surface area (Å²) in [6.07, 6.45) is 1.38. The summed E-state index contributed by atoms with van der Waals surface area (Å²) in [7, 11) is 1.77. The predicted molar refractivity (Wildman–Crippen MR) is 45.7 cm³/mol. The number of nitrogens with two attached hydrogens (primary N) is 1. The van der Waals surface area contributed by atoms with Crippen molar-refractivity contribution in [3.8, 4) is 0 Å². The molecular formula is C6H6ClN5. The molecule has 2 aromatic rings. The van der Waals surface area contributed by atoms with E-state index < -0.39 is 0 Å². The summed E-state index contributed by atoms with van der Waals surface area (Å²) in [5, 5.41) is 0.359. The molecule has 0 aliphatic carbocycles. The maximum Gasteiger partial charge on any atom is 0.204 e. The summed E-state index contributed by atoms with van der Waals surface area (Å²) >= 11 is 5.75. The smallest absolute Gasteiger partial charge is 0.204 e. The molecule has 0 spiro atoms. The molecule has 2 heterocycles. The highest BCUT2D eigenvalue weighted by Gasteiger charge is 2.08. The Morgan fingerprint density at radius 3 is 2.92 bits per heavy atom. The number of halogens is 1. The number of aryl methyl sites for hydroxylation is 1. The van der Waals surface area contributed by atoms with E-state index in [1.54, 1.807) is 11.6 Å². The van der Waals surface area contributed by atoms with E-state index in [0.29, 0.717) is 22.3 Å². The second-order valence-corrected chi connectivity index (χ2v) is 2.71. The Hall–Kier alpha value is -1.36. The van der Waals surface area contributed by atoms with Crippen LogP contribution in [-0.4, -0.2) is 19.5 Å². The number of anilines is 1. The maximum absolute atomic E-state index is 5.75. The van der Waals surface area contributed by atoms with Crippen molar-refractivity contribution in [2.75, 3.05) is 5.73 Å². The van der Waals surface area contributed by atoms with Crippen molar-refractivity contribution in [1.29, 1.82) is 0 Å². The Bertz CT molecular complexity index is 435. The second-order valence-electron chi connectivity index (χ2n) is 2.37. The van der Waals surface area contributed by atoms with E-state index in [2.05, 4.69) is 15.0 Å². The third kappa shape index (κ3) is 0.831. The van der Waals surface area contributed by atoms with Gasteiger partial charge in [0.2, 0.25) is 5.28 Å². The van der Waals surface area contributed by atoms with Crippen molar-refractivity contribution < 1.29 is 0 Å². The fourth-order valence-corrected chi connectivity index (χ4v) is 1.15. The fourth-order valence-electron chi connectivity index (χ4n) is 0.990. The highest BCUT2D eigenvalue weighted by atomic mass is 35.5. The van der Waals surface area contributed by atoms with Gasteiger partial charge in [0, 0.05) is 7.05 Å². The second kappa shape index (κ2) is 2.31. The monoisotopic (exact) mass is 183 g/mol. The molecule has 2 aromatic heterocycles. The first-order chi connectivity index (χ1) is 5.70. The highest BCUT2D eigenvalue weighted by molar-refractivity contribution is 6.29. The number of hydrogen-bond donors (Lipinski definition) is 1. The van der Waals surface area contributed by atoms with Gasteiger partial charge in [-0.05, 0) is 11.6 Å². The van der Waals surface area contributed by atoms with Gasteiger partial charge in [0.15, 0.2) is 17.0 Å². The maximum atomic E-state index is 5.75. The first-order valence-corrected chi connectivity index (χ1v) is 3.66. The molecule has 0 unspecified atom stereocenters. The predicted octanol–water partition coefficient (Wildman–Crippen LogP) is 0.599. The van der Waals surface area contributed by atoms with Crippen LogP contribution in [-0.2, 0) is 7.05 Å². The Kier molecular flexibility index (Phi) is 1.41. The molecule has 0 aliphatic rings. The summed E-state index contributed by atoms with van der Waals surface area (Å²) in [6, 6.07) is 0. The summed E-state index contributed by atoms with van der Waals surface area (Å²) in [5.74, 6) is 0.350. The third-order valence-electron chi connectivity index (χ3n) is 1.63. The van der Waals surface area contributed by atoms with Gasteiger partial charge in [0.1, 0.15) is 6.33 Å². The van der Waals surface area contributed by atoms with E-state index in [4.69, 9.17) is 17.3 Å². The Labute approximate surface area is 73.2 Å². The van der Waals surface area contributed by atoms with Gasteiger partial charge >= 0.3 is 0 Å². The van der Waals surface area contributed by atoms with Crippen molar-refractivity contribution in [2.45, 2.75) is 0 Å². The van der Waals surface area contributed by atoms with Gasteiger partial charge in [-0.15, -0.1) is 0 Å². The molecular weight excluding hydrogens is 178 g/mol. The lowest BCUT2D eigenvalue weighted by molar-refractivity contribution is 0.929. The van der Waals surface area contributed by atoms with Gasteiger partial charge < -0.3 is 10.3 Å². The van der Waals surface area contributed by atoms with Gasteiger partial charge in [-0.25, -0.2) is 15.0 Å². The number of rotatable bonds is 0. The standard InChI is InChI=1S/C6H6ClN5/c1-12-5-3(11-6(12)7)4(8)9-2-10-5/h2H,1H3,(H2,8,9,10). The van der Waals surface area contributed by atoms with Crippen LogP contribution in [0, 0.1) is 0 Å². The van der Waals surface area contributed by atoms with Crippen LogP contribution in [0.5, 0.6) is 0 Å². The average Bonchev–Trinajstić information content (AvgIpc) is 2.32. The lowest BCUT2D eigenvalue weighted by Gasteiger charge is -1.93. The molecule has 0 atom stereocenters. The number of nitrogen functional groups attached to an aromatic ring is 1. The van der Waals surface area contributed by atoms with E-state index in [9.17, 15) is 0 Å². The first-order valence-electron chi connectivity index (χ1n) is 3.28. The summed E-state index contributed by atoms with van der Waals surface area (Å²) in [6.45, 7) is 0. The zero-order valence-corrected chi connectivity index (χ0v) is 7.08. The van der Waals surface area contributed by atoms with Crippen molar-refractivity contribution in [3.63, 3.8) is 0 Å². The first kappa shape index (κ1) is 7.30. The molecule has 0 saturated carbocycles. The van der Waals surface area contributed by atoms with Crippen molar-refractivity contribution >= 4 is 28.6 Å². The molecule has 0 aromatic carbocycles. The molecule has 62 valence electrons. The van der Waals surface area contributed by atoms with Crippen LogP contribution in [0.25, 0.3) is 11.2 Å². The van der Waals surface area contributed by atoms with Crippen LogP contribution in [0.3, 0.4) is 0 Å². The molecule has 2 rings (SSSR count). The van der Waals surface area contributed by atoms with Crippen LogP contribution >= 0.6 is 11.6 Å². The van der Waals surface area contributed by atoms with E-state index in [1.807, 2.05) is 0 Å². The molecule has 0 amide bonds. The normalized spacial score (nSPS) is 10.8.